The molecule has 0 spiro atoms. The third-order valence-corrected chi connectivity index (χ3v) is 5.57. The van der Waals surface area contributed by atoms with Crippen LogP contribution in [0.15, 0.2) is 24.3 Å². The molecule has 1 aliphatic carbocycles. The Morgan fingerprint density at radius 2 is 1.81 bits per heavy atom. The molecule has 1 aromatic carbocycles. The first-order chi connectivity index (χ1) is 13.0. The number of methoxy groups -OCH3 is 1. The lowest BCUT2D eigenvalue weighted by Gasteiger charge is -2.11. The molecule has 0 saturated heterocycles. The number of aryl methyl sites for hydroxylation is 1. The van der Waals surface area contributed by atoms with Crippen molar-refractivity contribution in [3.63, 3.8) is 0 Å². The summed E-state index contributed by atoms with van der Waals surface area (Å²) in [4.78, 5) is 37.5. The molecule has 27 heavy (non-hydrogen) atoms. The molecule has 0 unspecified atom stereocenters. The fourth-order valence-electron chi connectivity index (χ4n) is 3.00. The number of anilines is 1. The topological polar surface area (TPSA) is 84.5 Å². The Balaban J connectivity index is 1.69. The van der Waals surface area contributed by atoms with Crippen molar-refractivity contribution in [2.24, 2.45) is 0 Å². The first-order valence-electron chi connectivity index (χ1n) is 8.56. The molecular formula is C19H19FN2O4S. The number of thiophene rings is 1. The van der Waals surface area contributed by atoms with Crippen LogP contribution in [0.4, 0.5) is 9.39 Å². The van der Waals surface area contributed by atoms with Crippen LogP contribution in [-0.4, -0.2) is 24.9 Å². The lowest BCUT2D eigenvalue weighted by Crippen LogP contribution is -2.35. The number of hydrogen-bond donors (Lipinski definition) is 2. The van der Waals surface area contributed by atoms with E-state index in [1.807, 2.05) is 0 Å². The van der Waals surface area contributed by atoms with E-state index in [0.717, 1.165) is 36.1 Å². The molecule has 8 heteroatoms. The zero-order chi connectivity index (χ0) is 19.4. The summed E-state index contributed by atoms with van der Waals surface area (Å²) in [6.45, 7) is 0.0946. The van der Waals surface area contributed by atoms with Gasteiger partial charge in [0.2, 0.25) is 0 Å². The van der Waals surface area contributed by atoms with Gasteiger partial charge in [0.1, 0.15) is 10.8 Å². The van der Waals surface area contributed by atoms with Crippen LogP contribution in [0.25, 0.3) is 0 Å². The highest BCUT2D eigenvalue weighted by atomic mass is 32.1. The summed E-state index contributed by atoms with van der Waals surface area (Å²) in [7, 11) is 1.29. The second kappa shape index (κ2) is 8.30. The SMILES string of the molecule is COC(=O)c1c(NC(=O)C(=O)NCc2ccc(F)cc2)sc2c1CCCC2. The molecule has 2 amide bonds. The van der Waals surface area contributed by atoms with E-state index in [9.17, 15) is 18.8 Å². The van der Waals surface area contributed by atoms with Gasteiger partial charge in [0.05, 0.1) is 12.7 Å². The average molecular weight is 390 g/mol. The van der Waals surface area contributed by atoms with Crippen LogP contribution in [0.1, 0.15) is 39.2 Å². The summed E-state index contributed by atoms with van der Waals surface area (Å²) in [5.41, 5.74) is 1.91. The van der Waals surface area contributed by atoms with Crippen molar-refractivity contribution in [3.8, 4) is 0 Å². The number of rotatable bonds is 4. The number of carbonyl (C=O) groups excluding carboxylic acids is 3. The second-order valence-corrected chi connectivity index (χ2v) is 7.28. The summed E-state index contributed by atoms with van der Waals surface area (Å²) in [5, 5.41) is 5.36. The Hall–Kier alpha value is -2.74. The third kappa shape index (κ3) is 4.33. The molecule has 3 rings (SSSR count). The number of fused-ring (bicyclic) bond motifs is 1. The second-order valence-electron chi connectivity index (χ2n) is 6.17. The van der Waals surface area contributed by atoms with Crippen molar-refractivity contribution in [3.05, 3.63) is 51.7 Å². The van der Waals surface area contributed by atoms with E-state index >= 15 is 0 Å². The maximum Gasteiger partial charge on any atom is 0.341 e. The molecule has 0 bridgehead atoms. The highest BCUT2D eigenvalue weighted by Crippen LogP contribution is 2.38. The van der Waals surface area contributed by atoms with E-state index in [1.54, 1.807) is 0 Å². The molecule has 1 aliphatic rings. The highest BCUT2D eigenvalue weighted by Gasteiger charge is 2.28. The summed E-state index contributed by atoms with van der Waals surface area (Å²) >= 11 is 1.31. The molecule has 0 aliphatic heterocycles. The fourth-order valence-corrected chi connectivity index (χ4v) is 4.27. The molecule has 6 nitrogen and oxygen atoms in total. The van der Waals surface area contributed by atoms with E-state index in [-0.39, 0.29) is 12.4 Å². The minimum absolute atomic E-state index is 0.0946. The molecule has 2 aromatic rings. The summed E-state index contributed by atoms with van der Waals surface area (Å²) in [6, 6.07) is 5.60. The van der Waals surface area contributed by atoms with E-state index < -0.39 is 17.8 Å². The molecule has 0 fully saturated rings. The molecule has 0 radical (unpaired) electrons. The molecule has 142 valence electrons. The zero-order valence-electron chi connectivity index (χ0n) is 14.8. The number of esters is 1. The standard InChI is InChI=1S/C19H19FN2O4S/c1-26-19(25)15-13-4-2-3-5-14(13)27-18(15)22-17(24)16(23)21-10-11-6-8-12(20)9-7-11/h6-9H,2-5,10H2,1H3,(H,21,23)(H,22,24). The largest absolute Gasteiger partial charge is 0.465 e. The molecule has 0 saturated carbocycles. The van der Waals surface area contributed by atoms with Gasteiger partial charge in [0.15, 0.2) is 0 Å². The van der Waals surface area contributed by atoms with Gasteiger partial charge in [0, 0.05) is 11.4 Å². The van der Waals surface area contributed by atoms with Crippen molar-refractivity contribution in [1.29, 1.82) is 0 Å². The van der Waals surface area contributed by atoms with Crippen molar-refractivity contribution in [2.45, 2.75) is 32.2 Å². The van der Waals surface area contributed by atoms with Crippen LogP contribution in [0.3, 0.4) is 0 Å². The molecule has 2 N–H and O–H groups in total. The number of hydrogen-bond acceptors (Lipinski definition) is 5. The van der Waals surface area contributed by atoms with E-state index in [4.69, 9.17) is 4.74 Å². The monoisotopic (exact) mass is 390 g/mol. The molecular weight excluding hydrogens is 371 g/mol. The first kappa shape index (κ1) is 19.0. The maximum absolute atomic E-state index is 12.9. The van der Waals surface area contributed by atoms with Crippen molar-refractivity contribution < 1.29 is 23.5 Å². The van der Waals surface area contributed by atoms with Gasteiger partial charge in [-0.05, 0) is 48.9 Å². The lowest BCUT2D eigenvalue weighted by molar-refractivity contribution is -0.136. The van der Waals surface area contributed by atoms with Crippen molar-refractivity contribution >= 4 is 34.1 Å². The Morgan fingerprint density at radius 3 is 2.52 bits per heavy atom. The number of halogens is 1. The summed E-state index contributed by atoms with van der Waals surface area (Å²) in [6.07, 6.45) is 3.60. The van der Waals surface area contributed by atoms with E-state index in [0.29, 0.717) is 16.1 Å². The molecule has 1 heterocycles. The van der Waals surface area contributed by atoms with Gasteiger partial charge in [-0.2, -0.15) is 0 Å². The van der Waals surface area contributed by atoms with Crippen LogP contribution < -0.4 is 10.6 Å². The Labute approximate surface area is 159 Å². The average Bonchev–Trinajstić information content (AvgIpc) is 3.04. The van der Waals surface area contributed by atoms with Crippen LogP contribution in [0.5, 0.6) is 0 Å². The van der Waals surface area contributed by atoms with Crippen molar-refractivity contribution in [1.82, 2.24) is 5.32 Å². The lowest BCUT2D eigenvalue weighted by atomic mass is 9.95. The molecule has 1 aromatic heterocycles. The van der Waals surface area contributed by atoms with Crippen LogP contribution >= 0.6 is 11.3 Å². The van der Waals surface area contributed by atoms with Crippen LogP contribution in [0.2, 0.25) is 0 Å². The Morgan fingerprint density at radius 1 is 1.11 bits per heavy atom. The minimum Gasteiger partial charge on any atom is -0.465 e. The number of benzene rings is 1. The van der Waals surface area contributed by atoms with Crippen LogP contribution in [-0.2, 0) is 33.7 Å². The normalized spacial score (nSPS) is 12.8. The van der Waals surface area contributed by atoms with Gasteiger partial charge in [-0.15, -0.1) is 11.3 Å². The quantitative estimate of drug-likeness (QED) is 0.621. The number of carbonyl (C=O) groups is 3. The first-order valence-corrected chi connectivity index (χ1v) is 9.37. The molecule has 0 atom stereocenters. The zero-order valence-corrected chi connectivity index (χ0v) is 15.6. The van der Waals surface area contributed by atoms with Crippen molar-refractivity contribution in [2.75, 3.05) is 12.4 Å². The predicted molar refractivity (Wildman–Crippen MR) is 99.2 cm³/mol. The predicted octanol–water partition coefficient (Wildman–Crippen LogP) is 2.81. The van der Waals surface area contributed by atoms with Gasteiger partial charge in [-0.3, -0.25) is 9.59 Å². The number of amides is 2. The van der Waals surface area contributed by atoms with E-state index in [2.05, 4.69) is 10.6 Å². The maximum atomic E-state index is 12.9. The Bertz CT molecular complexity index is 877. The summed E-state index contributed by atoms with van der Waals surface area (Å²) < 4.78 is 17.7. The number of ether oxygens (including phenoxy) is 1. The number of nitrogens with one attached hydrogen (secondary N) is 2. The van der Waals surface area contributed by atoms with Gasteiger partial charge in [-0.25, -0.2) is 9.18 Å². The van der Waals surface area contributed by atoms with Gasteiger partial charge in [0.25, 0.3) is 0 Å². The van der Waals surface area contributed by atoms with Gasteiger partial charge < -0.3 is 15.4 Å². The third-order valence-electron chi connectivity index (χ3n) is 4.36. The van der Waals surface area contributed by atoms with Crippen LogP contribution in [0, 0.1) is 5.82 Å². The van der Waals surface area contributed by atoms with Gasteiger partial charge >= 0.3 is 17.8 Å². The smallest absolute Gasteiger partial charge is 0.341 e. The Kier molecular flexibility index (Phi) is 5.85. The highest BCUT2D eigenvalue weighted by molar-refractivity contribution is 7.17. The summed E-state index contributed by atoms with van der Waals surface area (Å²) in [5.74, 6) is -2.58. The van der Waals surface area contributed by atoms with Gasteiger partial charge in [-0.1, -0.05) is 12.1 Å². The fraction of sp³-hybridized carbons (Fsp3) is 0.316. The van der Waals surface area contributed by atoms with E-state index in [1.165, 1.54) is 42.7 Å². The minimum atomic E-state index is -0.860.